The zero-order valence-electron chi connectivity index (χ0n) is 6.30. The van der Waals surface area contributed by atoms with Gasteiger partial charge in [-0.2, -0.15) is 0 Å². The smallest absolute Gasteiger partial charge is 0.0853 e. The monoisotopic (exact) mass is 299 g/mol. The Hall–Kier alpha value is 0.0300. The van der Waals surface area contributed by atoms with Gasteiger partial charge in [0.25, 0.3) is 0 Å². The number of rotatable bonds is 2. The average Bonchev–Trinajstić information content (AvgIpc) is 2.05. The van der Waals surface area contributed by atoms with Crippen LogP contribution in [0.15, 0.2) is 18.2 Å². The van der Waals surface area contributed by atoms with Gasteiger partial charge in [0.2, 0.25) is 0 Å². The van der Waals surface area contributed by atoms with Crippen molar-refractivity contribution in [2.75, 3.05) is 0 Å². The molecule has 2 N–H and O–H groups in total. The Morgan fingerprint density at radius 2 is 1.42 bits per heavy atom. The summed E-state index contributed by atoms with van der Waals surface area (Å²) >= 11 is 0. The quantitative estimate of drug-likeness (QED) is 0.863. The van der Waals surface area contributed by atoms with Crippen LogP contribution in [0.4, 0.5) is 0 Å². The molecule has 0 radical (unpaired) electrons. The van der Waals surface area contributed by atoms with Crippen molar-refractivity contribution < 1.29 is 10.2 Å². The standard InChI is InChI=1S/C7H9NO2.2BrH/c9-4-6-2-1-3-7(5-10)8-6;;/h1-3,9-10H,4-5H2;2*1H. The molecule has 0 spiro atoms. The number of hydrogen-bond donors (Lipinski definition) is 2. The third kappa shape index (κ3) is 4.15. The van der Waals surface area contributed by atoms with Crippen LogP contribution in [0, 0.1) is 0 Å². The van der Waals surface area contributed by atoms with E-state index in [2.05, 4.69) is 4.98 Å². The van der Waals surface area contributed by atoms with E-state index in [9.17, 15) is 0 Å². The number of halogens is 2. The van der Waals surface area contributed by atoms with Crippen LogP contribution in [0.1, 0.15) is 11.4 Å². The maximum Gasteiger partial charge on any atom is 0.0853 e. The van der Waals surface area contributed by atoms with Gasteiger partial charge in [-0.25, -0.2) is 0 Å². The van der Waals surface area contributed by atoms with Gasteiger partial charge in [0, 0.05) is 0 Å². The zero-order chi connectivity index (χ0) is 7.40. The van der Waals surface area contributed by atoms with Crippen molar-refractivity contribution in [1.29, 1.82) is 0 Å². The lowest BCUT2D eigenvalue weighted by Crippen LogP contribution is -1.93. The van der Waals surface area contributed by atoms with Crippen molar-refractivity contribution in [2.45, 2.75) is 13.2 Å². The van der Waals surface area contributed by atoms with E-state index < -0.39 is 0 Å². The molecule has 1 rings (SSSR count). The number of nitrogens with zero attached hydrogens (tertiary/aromatic N) is 1. The minimum absolute atomic E-state index is 0. The van der Waals surface area contributed by atoms with Crippen molar-refractivity contribution in [3.63, 3.8) is 0 Å². The molecule has 0 fully saturated rings. The van der Waals surface area contributed by atoms with Crippen LogP contribution in [-0.4, -0.2) is 15.2 Å². The van der Waals surface area contributed by atoms with Crippen molar-refractivity contribution in [2.24, 2.45) is 0 Å². The first-order chi connectivity index (χ1) is 4.86. The molecule has 0 bridgehead atoms. The molecule has 0 aliphatic carbocycles. The van der Waals surface area contributed by atoms with Crippen molar-refractivity contribution >= 4 is 34.0 Å². The SMILES string of the molecule is Br.Br.OCc1cccc(CO)n1. The molecule has 1 heterocycles. The molecule has 0 aliphatic heterocycles. The number of aromatic nitrogens is 1. The molecule has 0 amide bonds. The van der Waals surface area contributed by atoms with Crippen LogP contribution in [0.25, 0.3) is 0 Å². The van der Waals surface area contributed by atoms with E-state index in [0.29, 0.717) is 11.4 Å². The first-order valence-corrected chi connectivity index (χ1v) is 3.03. The third-order valence-corrected chi connectivity index (χ3v) is 1.19. The van der Waals surface area contributed by atoms with E-state index in [0.717, 1.165) is 0 Å². The van der Waals surface area contributed by atoms with Crippen LogP contribution < -0.4 is 0 Å². The van der Waals surface area contributed by atoms with Gasteiger partial charge < -0.3 is 10.2 Å². The summed E-state index contributed by atoms with van der Waals surface area (Å²) in [6.45, 7) is -0.151. The highest BCUT2D eigenvalue weighted by atomic mass is 79.9. The number of pyridine rings is 1. The van der Waals surface area contributed by atoms with Crippen LogP contribution in [0.2, 0.25) is 0 Å². The van der Waals surface area contributed by atoms with Crippen LogP contribution in [-0.2, 0) is 13.2 Å². The van der Waals surface area contributed by atoms with E-state index in [4.69, 9.17) is 10.2 Å². The third-order valence-electron chi connectivity index (χ3n) is 1.19. The summed E-state index contributed by atoms with van der Waals surface area (Å²) in [5.74, 6) is 0. The van der Waals surface area contributed by atoms with Gasteiger partial charge >= 0.3 is 0 Å². The van der Waals surface area contributed by atoms with Crippen molar-refractivity contribution in [3.05, 3.63) is 29.6 Å². The highest BCUT2D eigenvalue weighted by Crippen LogP contribution is 1.98. The largest absolute Gasteiger partial charge is 0.390 e. The summed E-state index contributed by atoms with van der Waals surface area (Å²) in [6.07, 6.45) is 0. The van der Waals surface area contributed by atoms with Gasteiger partial charge in [-0.3, -0.25) is 4.98 Å². The molecule has 0 aromatic carbocycles. The van der Waals surface area contributed by atoms with E-state index in [1.165, 1.54) is 0 Å². The fourth-order valence-corrected chi connectivity index (χ4v) is 0.705. The fourth-order valence-electron chi connectivity index (χ4n) is 0.705. The molecule has 0 saturated carbocycles. The van der Waals surface area contributed by atoms with E-state index in [1.54, 1.807) is 18.2 Å². The maximum atomic E-state index is 8.61. The molecule has 12 heavy (non-hydrogen) atoms. The minimum atomic E-state index is -0.0756. The number of hydrogen-bond acceptors (Lipinski definition) is 3. The summed E-state index contributed by atoms with van der Waals surface area (Å²) in [7, 11) is 0. The molecular formula is C7H11Br2NO2. The molecule has 70 valence electrons. The normalized spacial score (nSPS) is 8.17. The Kier molecular flexibility index (Phi) is 9.30. The average molecular weight is 301 g/mol. The van der Waals surface area contributed by atoms with Crippen molar-refractivity contribution in [1.82, 2.24) is 4.98 Å². The van der Waals surface area contributed by atoms with Gasteiger partial charge in [0.1, 0.15) is 0 Å². The molecule has 0 atom stereocenters. The number of aliphatic hydroxyl groups excluding tert-OH is 2. The van der Waals surface area contributed by atoms with Crippen LogP contribution in [0.5, 0.6) is 0 Å². The summed E-state index contributed by atoms with van der Waals surface area (Å²) in [5.41, 5.74) is 1.18. The van der Waals surface area contributed by atoms with Gasteiger partial charge in [-0.1, -0.05) is 6.07 Å². The van der Waals surface area contributed by atoms with E-state index in [-0.39, 0.29) is 47.2 Å². The Morgan fingerprint density at radius 3 is 1.75 bits per heavy atom. The summed E-state index contributed by atoms with van der Waals surface area (Å²) in [6, 6.07) is 5.17. The predicted octanol–water partition coefficient (Wildman–Crippen LogP) is 1.22. The minimum Gasteiger partial charge on any atom is -0.390 e. The second-order valence-corrected chi connectivity index (χ2v) is 1.94. The molecule has 3 nitrogen and oxygen atoms in total. The molecule has 1 aromatic heterocycles. The molecular weight excluding hydrogens is 290 g/mol. The van der Waals surface area contributed by atoms with Crippen LogP contribution >= 0.6 is 34.0 Å². The Morgan fingerprint density at radius 1 is 1.00 bits per heavy atom. The highest BCUT2D eigenvalue weighted by Gasteiger charge is 1.92. The fraction of sp³-hybridized carbons (Fsp3) is 0.286. The summed E-state index contributed by atoms with van der Waals surface area (Å²) < 4.78 is 0. The van der Waals surface area contributed by atoms with E-state index >= 15 is 0 Å². The van der Waals surface area contributed by atoms with Gasteiger partial charge in [0.15, 0.2) is 0 Å². The second-order valence-electron chi connectivity index (χ2n) is 1.94. The molecule has 5 heteroatoms. The lowest BCUT2D eigenvalue weighted by atomic mass is 10.3. The van der Waals surface area contributed by atoms with E-state index in [1.807, 2.05) is 0 Å². The summed E-state index contributed by atoms with van der Waals surface area (Å²) in [5, 5.41) is 17.2. The van der Waals surface area contributed by atoms with Crippen LogP contribution in [0.3, 0.4) is 0 Å². The molecule has 0 unspecified atom stereocenters. The maximum absolute atomic E-state index is 8.61. The molecule has 1 aromatic rings. The first-order valence-electron chi connectivity index (χ1n) is 3.03. The topological polar surface area (TPSA) is 53.4 Å². The number of aliphatic hydroxyl groups is 2. The predicted molar refractivity (Wildman–Crippen MR) is 56.7 cm³/mol. The molecule has 0 saturated heterocycles. The first kappa shape index (κ1) is 14.5. The van der Waals surface area contributed by atoms with Gasteiger partial charge in [-0.05, 0) is 12.1 Å². The Labute approximate surface area is 92.0 Å². The lowest BCUT2D eigenvalue weighted by Gasteiger charge is -1.96. The Bertz CT molecular complexity index is 201. The lowest BCUT2D eigenvalue weighted by molar-refractivity contribution is 0.265. The van der Waals surface area contributed by atoms with Crippen molar-refractivity contribution in [3.8, 4) is 0 Å². The van der Waals surface area contributed by atoms with Gasteiger partial charge in [0.05, 0.1) is 24.6 Å². The highest BCUT2D eigenvalue weighted by molar-refractivity contribution is 8.93. The molecule has 0 aliphatic rings. The zero-order valence-corrected chi connectivity index (χ0v) is 9.73. The van der Waals surface area contributed by atoms with Gasteiger partial charge in [-0.15, -0.1) is 34.0 Å². The Balaban J connectivity index is 0. The summed E-state index contributed by atoms with van der Waals surface area (Å²) in [4.78, 5) is 3.91. The second kappa shape index (κ2) is 7.67.